The first-order chi connectivity index (χ1) is 9.19. The summed E-state index contributed by atoms with van der Waals surface area (Å²) in [5.74, 6) is 0.0420. The van der Waals surface area contributed by atoms with E-state index in [1.165, 1.54) is 6.42 Å². The topological polar surface area (TPSA) is 87.5 Å². The zero-order valence-corrected chi connectivity index (χ0v) is 11.8. The van der Waals surface area contributed by atoms with Crippen molar-refractivity contribution in [3.63, 3.8) is 0 Å². The normalized spacial score (nSPS) is 16.8. The number of nitrogens with two attached hydrogens (primary N) is 1. The minimum Gasteiger partial charge on any atom is -0.341 e. The Hall–Kier alpha value is -1.30. The lowest BCUT2D eigenvalue weighted by Gasteiger charge is -2.30. The molecule has 0 aromatic carbocycles. The number of nitrogens with zero attached hydrogens (tertiary/aromatic N) is 1. The Morgan fingerprint density at radius 1 is 1.21 bits per heavy atom. The van der Waals surface area contributed by atoms with Crippen LogP contribution >= 0.6 is 0 Å². The van der Waals surface area contributed by atoms with Gasteiger partial charge in [-0.25, -0.2) is 4.79 Å². The van der Waals surface area contributed by atoms with Crippen molar-refractivity contribution >= 4 is 11.9 Å². The molecule has 0 aromatic heterocycles. The molecule has 1 rings (SSSR count). The molecule has 110 valence electrons. The fraction of sp³-hybridized carbons (Fsp3) is 0.846. The van der Waals surface area contributed by atoms with E-state index in [1.807, 2.05) is 4.90 Å². The molecule has 0 radical (unpaired) electrons. The van der Waals surface area contributed by atoms with Crippen LogP contribution in [0, 0.1) is 0 Å². The zero-order valence-electron chi connectivity index (χ0n) is 11.8. The van der Waals surface area contributed by atoms with Crippen LogP contribution in [-0.4, -0.2) is 49.6 Å². The minimum absolute atomic E-state index is 0.0420. The zero-order chi connectivity index (χ0) is 14.1. The molecular formula is C13H26N4O2. The van der Waals surface area contributed by atoms with Gasteiger partial charge < -0.3 is 21.3 Å². The van der Waals surface area contributed by atoms with Gasteiger partial charge in [-0.1, -0.05) is 0 Å². The highest BCUT2D eigenvalue weighted by Crippen LogP contribution is 2.12. The molecule has 0 bridgehead atoms. The van der Waals surface area contributed by atoms with Crippen LogP contribution in [-0.2, 0) is 4.79 Å². The number of hydrogen-bond acceptors (Lipinski definition) is 3. The number of amides is 3. The molecule has 4 N–H and O–H groups in total. The third-order valence-corrected chi connectivity index (χ3v) is 3.45. The standard InChI is InChI=1S/C13H26N4O2/c1-15-13(19)16-11(7-3-4-8-14)12(18)17-9-5-2-6-10-17/h11H,2-10,14H2,1H3,(H2,15,16,19)/t11-/m0/s1. The Balaban J connectivity index is 2.53. The van der Waals surface area contributed by atoms with E-state index in [1.54, 1.807) is 7.05 Å². The number of carbonyl (C=O) groups excluding carboxylic acids is 2. The largest absolute Gasteiger partial charge is 0.341 e. The predicted molar refractivity (Wildman–Crippen MR) is 74.7 cm³/mol. The average Bonchev–Trinajstić information content (AvgIpc) is 2.46. The molecule has 1 aliphatic rings. The summed E-state index contributed by atoms with van der Waals surface area (Å²) in [6.07, 6.45) is 5.68. The fourth-order valence-electron chi connectivity index (χ4n) is 2.32. The first-order valence-corrected chi connectivity index (χ1v) is 7.16. The molecule has 1 fully saturated rings. The Bertz CT molecular complexity index is 290. The molecule has 3 amide bonds. The van der Waals surface area contributed by atoms with Crippen LogP contribution in [0.15, 0.2) is 0 Å². The molecule has 1 saturated heterocycles. The summed E-state index contributed by atoms with van der Waals surface area (Å²) in [6.45, 7) is 2.23. The summed E-state index contributed by atoms with van der Waals surface area (Å²) < 4.78 is 0. The Morgan fingerprint density at radius 3 is 2.47 bits per heavy atom. The van der Waals surface area contributed by atoms with Gasteiger partial charge in [-0.2, -0.15) is 0 Å². The van der Waals surface area contributed by atoms with Crippen LogP contribution in [0.5, 0.6) is 0 Å². The Labute approximate surface area is 115 Å². The number of piperidine rings is 1. The van der Waals surface area contributed by atoms with E-state index in [9.17, 15) is 9.59 Å². The molecule has 6 nitrogen and oxygen atoms in total. The molecule has 0 aliphatic carbocycles. The monoisotopic (exact) mass is 270 g/mol. The summed E-state index contributed by atoms with van der Waals surface area (Å²) in [6, 6.07) is -0.729. The quantitative estimate of drug-likeness (QED) is 0.611. The van der Waals surface area contributed by atoms with Gasteiger partial charge in [0, 0.05) is 20.1 Å². The van der Waals surface area contributed by atoms with Crippen molar-refractivity contribution in [3.8, 4) is 0 Å². The average molecular weight is 270 g/mol. The van der Waals surface area contributed by atoms with E-state index in [0.29, 0.717) is 13.0 Å². The van der Waals surface area contributed by atoms with Crippen molar-refractivity contribution in [2.75, 3.05) is 26.7 Å². The van der Waals surface area contributed by atoms with Crippen molar-refractivity contribution in [1.82, 2.24) is 15.5 Å². The van der Waals surface area contributed by atoms with E-state index in [0.717, 1.165) is 38.8 Å². The van der Waals surface area contributed by atoms with Gasteiger partial charge in [-0.05, 0) is 45.1 Å². The van der Waals surface area contributed by atoms with Gasteiger partial charge in [0.2, 0.25) is 5.91 Å². The Morgan fingerprint density at radius 2 is 1.89 bits per heavy atom. The third-order valence-electron chi connectivity index (χ3n) is 3.45. The summed E-state index contributed by atoms with van der Waals surface area (Å²) >= 11 is 0. The summed E-state index contributed by atoms with van der Waals surface area (Å²) in [4.78, 5) is 25.7. The van der Waals surface area contributed by atoms with Crippen molar-refractivity contribution in [2.45, 2.75) is 44.6 Å². The molecule has 1 heterocycles. The van der Waals surface area contributed by atoms with Crippen LogP contribution in [0.2, 0.25) is 0 Å². The molecule has 1 atom stereocenters. The van der Waals surface area contributed by atoms with Crippen molar-refractivity contribution in [1.29, 1.82) is 0 Å². The summed E-state index contributed by atoms with van der Waals surface area (Å²) in [5.41, 5.74) is 5.47. The molecule has 0 spiro atoms. The second kappa shape index (κ2) is 8.74. The minimum atomic E-state index is -0.426. The van der Waals surface area contributed by atoms with Gasteiger partial charge in [0.15, 0.2) is 0 Å². The van der Waals surface area contributed by atoms with Crippen molar-refractivity contribution in [2.24, 2.45) is 5.73 Å². The van der Waals surface area contributed by atoms with Crippen LogP contribution in [0.1, 0.15) is 38.5 Å². The number of nitrogens with one attached hydrogen (secondary N) is 2. The predicted octanol–water partition coefficient (Wildman–Crippen LogP) is 0.426. The number of unbranched alkanes of at least 4 members (excludes halogenated alkanes) is 1. The third kappa shape index (κ3) is 5.46. The number of rotatable bonds is 6. The lowest BCUT2D eigenvalue weighted by Crippen LogP contribution is -2.51. The van der Waals surface area contributed by atoms with Crippen LogP contribution in [0.3, 0.4) is 0 Å². The SMILES string of the molecule is CNC(=O)N[C@@H](CCCCN)C(=O)N1CCCCC1. The maximum Gasteiger partial charge on any atom is 0.315 e. The van der Waals surface area contributed by atoms with Gasteiger partial charge >= 0.3 is 6.03 Å². The number of carbonyl (C=O) groups is 2. The first-order valence-electron chi connectivity index (χ1n) is 7.16. The second-order valence-electron chi connectivity index (χ2n) is 4.95. The molecule has 1 aliphatic heterocycles. The van der Waals surface area contributed by atoms with E-state index >= 15 is 0 Å². The smallest absolute Gasteiger partial charge is 0.315 e. The number of hydrogen-bond donors (Lipinski definition) is 3. The van der Waals surface area contributed by atoms with E-state index in [2.05, 4.69) is 10.6 Å². The molecule has 0 saturated carbocycles. The van der Waals surface area contributed by atoms with E-state index in [4.69, 9.17) is 5.73 Å². The number of likely N-dealkylation sites (tertiary alicyclic amines) is 1. The lowest BCUT2D eigenvalue weighted by molar-refractivity contribution is -0.134. The van der Waals surface area contributed by atoms with Gasteiger partial charge in [-0.15, -0.1) is 0 Å². The van der Waals surface area contributed by atoms with Crippen LogP contribution in [0.25, 0.3) is 0 Å². The summed E-state index contributed by atoms with van der Waals surface area (Å²) in [5, 5.41) is 5.24. The Kier molecular flexibility index (Phi) is 7.25. The van der Waals surface area contributed by atoms with Gasteiger partial charge in [0.1, 0.15) is 6.04 Å². The van der Waals surface area contributed by atoms with Gasteiger partial charge in [-0.3, -0.25) is 4.79 Å². The maximum atomic E-state index is 12.4. The second-order valence-corrected chi connectivity index (χ2v) is 4.95. The van der Waals surface area contributed by atoms with Gasteiger partial charge in [0.25, 0.3) is 0 Å². The molecule has 0 aromatic rings. The van der Waals surface area contributed by atoms with Crippen LogP contribution < -0.4 is 16.4 Å². The summed E-state index contributed by atoms with van der Waals surface area (Å²) in [7, 11) is 1.55. The van der Waals surface area contributed by atoms with Crippen molar-refractivity contribution in [3.05, 3.63) is 0 Å². The molecule has 0 unspecified atom stereocenters. The highest BCUT2D eigenvalue weighted by Gasteiger charge is 2.26. The lowest BCUT2D eigenvalue weighted by atomic mass is 10.1. The highest BCUT2D eigenvalue weighted by atomic mass is 16.2. The molecule has 19 heavy (non-hydrogen) atoms. The maximum absolute atomic E-state index is 12.4. The fourth-order valence-corrected chi connectivity index (χ4v) is 2.32. The molecular weight excluding hydrogens is 244 g/mol. The highest BCUT2D eigenvalue weighted by molar-refractivity contribution is 5.87. The van der Waals surface area contributed by atoms with Gasteiger partial charge in [0.05, 0.1) is 0 Å². The van der Waals surface area contributed by atoms with E-state index < -0.39 is 6.04 Å². The first kappa shape index (κ1) is 15.8. The van der Waals surface area contributed by atoms with E-state index in [-0.39, 0.29) is 11.9 Å². The number of urea groups is 1. The molecule has 6 heteroatoms. The van der Waals surface area contributed by atoms with Crippen LogP contribution in [0.4, 0.5) is 4.79 Å². The van der Waals surface area contributed by atoms with Crippen molar-refractivity contribution < 1.29 is 9.59 Å².